The fraction of sp³-hybridized carbons (Fsp3) is 0.0435. The monoisotopic (exact) mass is 905 g/mol. The number of furan rings is 1. The summed E-state index contributed by atoms with van der Waals surface area (Å²) in [5, 5.41) is 4.67. The van der Waals surface area contributed by atoms with Gasteiger partial charge in [0.15, 0.2) is 0 Å². The number of rotatable bonds is 7. The van der Waals surface area contributed by atoms with Gasteiger partial charge in [-0.05, 0) is 156 Å². The molecule has 2 aromatic heterocycles. The SMILES string of the molecule is CC1(C)c2ccccc2-c2ccc(-c3ccc(-c4cc(-c5ccc6oc7c(-c8ccccc8)cccc7c6c5)cc(-c5ccc6c(c5)c5cc(-c7ccccc7)ccc5n6-c5ccccc5)c4)cc3)cc21. The summed E-state index contributed by atoms with van der Waals surface area (Å²) in [6.45, 7) is 4.70. The van der Waals surface area contributed by atoms with E-state index in [9.17, 15) is 0 Å². The lowest BCUT2D eigenvalue weighted by Crippen LogP contribution is -2.14. The van der Waals surface area contributed by atoms with E-state index < -0.39 is 0 Å². The maximum absolute atomic E-state index is 6.66. The van der Waals surface area contributed by atoms with Gasteiger partial charge in [-0.25, -0.2) is 0 Å². The number of fused-ring (bicyclic) bond motifs is 9. The van der Waals surface area contributed by atoms with Gasteiger partial charge in [0.1, 0.15) is 11.2 Å². The summed E-state index contributed by atoms with van der Waals surface area (Å²) in [4.78, 5) is 0. The molecule has 14 rings (SSSR count). The number of hydrogen-bond donors (Lipinski definition) is 0. The highest BCUT2D eigenvalue weighted by Crippen LogP contribution is 2.50. The highest BCUT2D eigenvalue weighted by molar-refractivity contribution is 6.13. The largest absolute Gasteiger partial charge is 0.455 e. The van der Waals surface area contributed by atoms with Crippen LogP contribution in [0, 0.1) is 0 Å². The molecule has 0 saturated heterocycles. The molecule has 334 valence electrons. The van der Waals surface area contributed by atoms with E-state index in [0.29, 0.717) is 0 Å². The van der Waals surface area contributed by atoms with Crippen LogP contribution in [0.5, 0.6) is 0 Å². The van der Waals surface area contributed by atoms with E-state index in [1.807, 2.05) is 0 Å². The molecule has 0 radical (unpaired) electrons. The lowest BCUT2D eigenvalue weighted by molar-refractivity contribution is 0.660. The summed E-state index contributed by atoms with van der Waals surface area (Å²) in [7, 11) is 0. The van der Waals surface area contributed by atoms with Gasteiger partial charge in [-0.3, -0.25) is 0 Å². The van der Waals surface area contributed by atoms with Crippen molar-refractivity contribution in [3.63, 3.8) is 0 Å². The second kappa shape index (κ2) is 16.1. The average molecular weight is 906 g/mol. The second-order valence-electron chi connectivity index (χ2n) is 19.7. The Morgan fingerprint density at radius 3 is 1.44 bits per heavy atom. The lowest BCUT2D eigenvalue weighted by atomic mass is 9.81. The van der Waals surface area contributed by atoms with Crippen molar-refractivity contribution in [1.82, 2.24) is 4.57 Å². The summed E-state index contributed by atoms with van der Waals surface area (Å²) >= 11 is 0. The van der Waals surface area contributed by atoms with E-state index in [4.69, 9.17) is 4.42 Å². The predicted molar refractivity (Wildman–Crippen MR) is 298 cm³/mol. The Kier molecular flexibility index (Phi) is 9.28. The summed E-state index contributed by atoms with van der Waals surface area (Å²) in [5.74, 6) is 0. The maximum atomic E-state index is 6.66. The van der Waals surface area contributed by atoms with Gasteiger partial charge in [-0.1, -0.05) is 190 Å². The van der Waals surface area contributed by atoms with Crippen molar-refractivity contribution in [2.24, 2.45) is 0 Å². The zero-order chi connectivity index (χ0) is 47.2. The molecule has 11 aromatic carbocycles. The number of nitrogens with zero attached hydrogens (tertiary/aromatic N) is 1. The molecule has 13 aromatic rings. The Bertz CT molecular complexity index is 4210. The molecular formula is C69H47NO. The van der Waals surface area contributed by atoms with Gasteiger partial charge in [0.2, 0.25) is 0 Å². The fourth-order valence-corrected chi connectivity index (χ4v) is 11.6. The van der Waals surface area contributed by atoms with Crippen LogP contribution in [0.3, 0.4) is 0 Å². The van der Waals surface area contributed by atoms with Gasteiger partial charge in [0.25, 0.3) is 0 Å². The molecule has 0 amide bonds. The van der Waals surface area contributed by atoms with E-state index in [2.05, 4.69) is 267 Å². The zero-order valence-electron chi connectivity index (χ0n) is 39.5. The quantitative estimate of drug-likeness (QED) is 0.156. The van der Waals surface area contributed by atoms with Crippen LogP contribution in [0.4, 0.5) is 0 Å². The molecule has 0 aliphatic heterocycles. The Labute approximate surface area is 413 Å². The highest BCUT2D eigenvalue weighted by Gasteiger charge is 2.35. The number of para-hydroxylation sites is 2. The Morgan fingerprint density at radius 2 is 0.761 bits per heavy atom. The minimum Gasteiger partial charge on any atom is -0.455 e. The van der Waals surface area contributed by atoms with Crippen LogP contribution in [0.1, 0.15) is 25.0 Å². The predicted octanol–water partition coefficient (Wildman–Crippen LogP) is 19.0. The van der Waals surface area contributed by atoms with Gasteiger partial charge in [-0.2, -0.15) is 0 Å². The average Bonchev–Trinajstić information content (AvgIpc) is 4.05. The second-order valence-corrected chi connectivity index (χ2v) is 19.7. The van der Waals surface area contributed by atoms with E-state index in [0.717, 1.165) is 61.0 Å². The van der Waals surface area contributed by atoms with E-state index in [1.165, 1.54) is 77.4 Å². The third-order valence-corrected chi connectivity index (χ3v) is 15.2. The van der Waals surface area contributed by atoms with Crippen molar-refractivity contribution >= 4 is 43.7 Å². The lowest BCUT2D eigenvalue weighted by Gasteiger charge is -2.22. The molecule has 0 fully saturated rings. The van der Waals surface area contributed by atoms with Crippen molar-refractivity contribution in [3.8, 4) is 83.6 Å². The van der Waals surface area contributed by atoms with Gasteiger partial charge >= 0.3 is 0 Å². The van der Waals surface area contributed by atoms with Gasteiger partial charge in [0.05, 0.1) is 11.0 Å². The molecule has 0 unspecified atom stereocenters. The molecule has 71 heavy (non-hydrogen) atoms. The van der Waals surface area contributed by atoms with Crippen LogP contribution >= 0.6 is 0 Å². The maximum Gasteiger partial charge on any atom is 0.143 e. The first-order valence-electron chi connectivity index (χ1n) is 24.6. The minimum atomic E-state index is -0.0572. The smallest absolute Gasteiger partial charge is 0.143 e. The van der Waals surface area contributed by atoms with Crippen molar-refractivity contribution in [1.29, 1.82) is 0 Å². The first-order chi connectivity index (χ1) is 34.9. The third kappa shape index (κ3) is 6.71. The number of hydrogen-bond acceptors (Lipinski definition) is 1. The van der Waals surface area contributed by atoms with E-state index in [1.54, 1.807) is 0 Å². The zero-order valence-corrected chi connectivity index (χ0v) is 39.5. The Morgan fingerprint density at radius 1 is 0.296 bits per heavy atom. The summed E-state index contributed by atoms with van der Waals surface area (Å²) < 4.78 is 9.06. The summed E-state index contributed by atoms with van der Waals surface area (Å²) in [6.07, 6.45) is 0. The van der Waals surface area contributed by atoms with Gasteiger partial charge < -0.3 is 8.98 Å². The molecule has 1 aliphatic rings. The van der Waals surface area contributed by atoms with Crippen LogP contribution < -0.4 is 0 Å². The Balaban J connectivity index is 0.928. The molecule has 1 aliphatic carbocycles. The van der Waals surface area contributed by atoms with Crippen LogP contribution in [0.25, 0.3) is 127 Å². The molecule has 0 saturated carbocycles. The van der Waals surface area contributed by atoms with Crippen LogP contribution in [-0.2, 0) is 5.41 Å². The molecule has 2 heterocycles. The molecule has 2 nitrogen and oxygen atoms in total. The topological polar surface area (TPSA) is 18.1 Å². The van der Waals surface area contributed by atoms with E-state index in [-0.39, 0.29) is 5.41 Å². The Hall–Kier alpha value is -8.98. The first-order valence-corrected chi connectivity index (χ1v) is 24.6. The van der Waals surface area contributed by atoms with Crippen molar-refractivity contribution < 1.29 is 4.42 Å². The van der Waals surface area contributed by atoms with Crippen LogP contribution in [-0.4, -0.2) is 4.57 Å². The van der Waals surface area contributed by atoms with Gasteiger partial charge in [0, 0.05) is 38.2 Å². The number of aromatic nitrogens is 1. The molecular weight excluding hydrogens is 859 g/mol. The summed E-state index contributed by atoms with van der Waals surface area (Å²) in [5.41, 5.74) is 24.8. The highest BCUT2D eigenvalue weighted by atomic mass is 16.3. The van der Waals surface area contributed by atoms with Gasteiger partial charge in [-0.15, -0.1) is 0 Å². The van der Waals surface area contributed by atoms with Crippen molar-refractivity contribution in [3.05, 3.63) is 260 Å². The third-order valence-electron chi connectivity index (χ3n) is 15.2. The molecule has 0 spiro atoms. The molecule has 0 bridgehead atoms. The van der Waals surface area contributed by atoms with Crippen LogP contribution in [0.15, 0.2) is 253 Å². The standard InChI is InChI=1S/C69H47NO/c1-69(2)63-24-13-12-21-57(63)58-33-29-51(43-64(58)69)45-25-27-46(28-26-45)52-37-53(39-54(38-52)50-32-36-67-62(42-50)59-23-14-22-56(68(59)71-67)47-17-8-4-9-18-47)49-31-35-66-61(41-49)60-40-48(44-15-6-3-7-16-44)30-34-65(60)70(66)55-19-10-5-11-20-55/h3-43H,1-2H3. The summed E-state index contributed by atoms with van der Waals surface area (Å²) in [6, 6.07) is 91.2. The number of benzene rings is 11. The minimum absolute atomic E-state index is 0.0572. The molecule has 2 heteroatoms. The first kappa shape index (κ1) is 41.0. The van der Waals surface area contributed by atoms with Crippen molar-refractivity contribution in [2.75, 3.05) is 0 Å². The normalized spacial score (nSPS) is 12.8. The molecule has 0 atom stereocenters. The van der Waals surface area contributed by atoms with Crippen molar-refractivity contribution in [2.45, 2.75) is 19.3 Å². The fourth-order valence-electron chi connectivity index (χ4n) is 11.6. The van der Waals surface area contributed by atoms with E-state index >= 15 is 0 Å². The van der Waals surface area contributed by atoms with Crippen LogP contribution in [0.2, 0.25) is 0 Å². The molecule has 0 N–H and O–H groups in total.